The Bertz CT molecular complexity index is 589. The molecule has 0 aliphatic carbocycles. The van der Waals surface area contributed by atoms with E-state index < -0.39 is 11.0 Å². The molecule has 0 spiro atoms. The molecule has 2 rings (SSSR count). The molecule has 0 aliphatic rings. The summed E-state index contributed by atoms with van der Waals surface area (Å²) in [6.45, 7) is 0.389. The summed E-state index contributed by atoms with van der Waals surface area (Å²) in [6.07, 6.45) is -0.718. The first-order chi connectivity index (χ1) is 10.1. The topological polar surface area (TPSA) is 84.6 Å². The largest absolute Gasteiger partial charge is 0.491 e. The molecule has 0 aliphatic heterocycles. The minimum absolute atomic E-state index is 0.00928. The number of nitrogens with zero attached hydrogens (tertiary/aromatic N) is 1. The first-order valence-corrected chi connectivity index (χ1v) is 6.49. The molecule has 6 nitrogen and oxygen atoms in total. The highest BCUT2D eigenvalue weighted by Crippen LogP contribution is 2.17. The third-order valence-corrected chi connectivity index (χ3v) is 2.78. The van der Waals surface area contributed by atoms with Crippen LogP contribution in [0.15, 0.2) is 54.6 Å². The molecule has 0 aromatic heterocycles. The van der Waals surface area contributed by atoms with Gasteiger partial charge in [-0.15, -0.1) is 0 Å². The van der Waals surface area contributed by atoms with E-state index in [1.54, 1.807) is 24.3 Å². The Hall–Kier alpha value is -2.60. The number of anilines is 1. The van der Waals surface area contributed by atoms with Gasteiger partial charge in [0.1, 0.15) is 18.5 Å². The quantitative estimate of drug-likeness (QED) is 0.604. The number of para-hydroxylation sites is 1. The fraction of sp³-hybridized carbons (Fsp3) is 0.200. The van der Waals surface area contributed by atoms with Crippen molar-refractivity contribution in [3.05, 3.63) is 64.7 Å². The number of hydrogen-bond acceptors (Lipinski definition) is 5. The monoisotopic (exact) mass is 288 g/mol. The second-order valence-electron chi connectivity index (χ2n) is 4.47. The van der Waals surface area contributed by atoms with Gasteiger partial charge >= 0.3 is 0 Å². The van der Waals surface area contributed by atoms with Crippen molar-refractivity contribution in [2.75, 3.05) is 18.5 Å². The van der Waals surface area contributed by atoms with E-state index in [4.69, 9.17) is 4.74 Å². The molecule has 2 aromatic carbocycles. The Labute approximate surface area is 122 Å². The molecule has 0 heterocycles. The third-order valence-electron chi connectivity index (χ3n) is 2.78. The molecule has 110 valence electrons. The number of nitro groups is 1. The number of hydrogen-bond donors (Lipinski definition) is 2. The van der Waals surface area contributed by atoms with E-state index in [1.165, 1.54) is 12.1 Å². The first kappa shape index (κ1) is 14.8. The Morgan fingerprint density at radius 1 is 1.19 bits per heavy atom. The molecule has 1 unspecified atom stereocenters. The van der Waals surface area contributed by atoms with Gasteiger partial charge in [-0.2, -0.15) is 0 Å². The number of ether oxygens (including phenoxy) is 1. The van der Waals surface area contributed by atoms with Gasteiger partial charge in [0.2, 0.25) is 0 Å². The second kappa shape index (κ2) is 7.25. The van der Waals surface area contributed by atoms with Crippen LogP contribution < -0.4 is 10.1 Å². The van der Waals surface area contributed by atoms with E-state index in [2.05, 4.69) is 5.32 Å². The van der Waals surface area contributed by atoms with Crippen LogP contribution in [0.25, 0.3) is 0 Å². The molecule has 0 bridgehead atoms. The molecule has 0 saturated heterocycles. The minimum Gasteiger partial charge on any atom is -0.491 e. The van der Waals surface area contributed by atoms with Gasteiger partial charge in [0, 0.05) is 24.4 Å². The lowest BCUT2D eigenvalue weighted by Gasteiger charge is -2.14. The highest BCUT2D eigenvalue weighted by molar-refractivity contribution is 5.50. The van der Waals surface area contributed by atoms with Gasteiger partial charge in [0.15, 0.2) is 0 Å². The standard InChI is InChI=1S/C15H16N2O4/c18-14(11-21-15-7-2-1-3-8-15)10-16-12-5-4-6-13(9-12)17(19)20/h1-9,14,16,18H,10-11H2. The Kier molecular flexibility index (Phi) is 5.11. The highest BCUT2D eigenvalue weighted by Gasteiger charge is 2.08. The normalized spacial score (nSPS) is 11.7. The highest BCUT2D eigenvalue weighted by atomic mass is 16.6. The summed E-state index contributed by atoms with van der Waals surface area (Å²) in [5, 5.41) is 23.4. The van der Waals surface area contributed by atoms with E-state index >= 15 is 0 Å². The van der Waals surface area contributed by atoms with Crippen LogP contribution in [0.1, 0.15) is 0 Å². The summed E-state index contributed by atoms with van der Waals surface area (Å²) in [5.74, 6) is 0.687. The van der Waals surface area contributed by atoms with Gasteiger partial charge in [-0.05, 0) is 18.2 Å². The summed E-state index contributed by atoms with van der Waals surface area (Å²) in [5.41, 5.74) is 0.595. The lowest BCUT2D eigenvalue weighted by molar-refractivity contribution is -0.384. The lowest BCUT2D eigenvalue weighted by Crippen LogP contribution is -2.26. The van der Waals surface area contributed by atoms with Gasteiger partial charge < -0.3 is 15.2 Å². The zero-order valence-electron chi connectivity index (χ0n) is 11.3. The number of aliphatic hydroxyl groups excluding tert-OH is 1. The van der Waals surface area contributed by atoms with Crippen molar-refractivity contribution in [3.63, 3.8) is 0 Å². The summed E-state index contributed by atoms with van der Waals surface area (Å²) in [7, 11) is 0. The van der Waals surface area contributed by atoms with Crippen LogP contribution in [0.3, 0.4) is 0 Å². The van der Waals surface area contributed by atoms with Crippen LogP contribution in [0.4, 0.5) is 11.4 Å². The van der Waals surface area contributed by atoms with Crippen molar-refractivity contribution in [1.82, 2.24) is 0 Å². The fourth-order valence-electron chi connectivity index (χ4n) is 1.73. The van der Waals surface area contributed by atoms with Crippen molar-refractivity contribution in [1.29, 1.82) is 0 Å². The number of benzene rings is 2. The van der Waals surface area contributed by atoms with Crippen LogP contribution in [-0.4, -0.2) is 29.3 Å². The molecule has 2 aromatic rings. The number of rotatable bonds is 7. The SMILES string of the molecule is O=[N+]([O-])c1cccc(NCC(O)COc2ccccc2)c1. The van der Waals surface area contributed by atoms with Crippen molar-refractivity contribution < 1.29 is 14.8 Å². The van der Waals surface area contributed by atoms with Crippen LogP contribution >= 0.6 is 0 Å². The molecule has 21 heavy (non-hydrogen) atoms. The lowest BCUT2D eigenvalue weighted by atomic mass is 10.2. The van der Waals surface area contributed by atoms with Gasteiger partial charge in [0.05, 0.1) is 4.92 Å². The van der Waals surface area contributed by atoms with Crippen molar-refractivity contribution in [2.24, 2.45) is 0 Å². The zero-order valence-corrected chi connectivity index (χ0v) is 11.3. The molecule has 0 radical (unpaired) electrons. The van der Waals surface area contributed by atoms with Crippen molar-refractivity contribution in [2.45, 2.75) is 6.10 Å². The average Bonchev–Trinajstić information content (AvgIpc) is 2.52. The number of nitrogens with one attached hydrogen (secondary N) is 1. The molecular formula is C15H16N2O4. The summed E-state index contributed by atoms with van der Waals surface area (Å²) in [6, 6.07) is 15.3. The number of aliphatic hydroxyl groups is 1. The number of non-ortho nitro benzene ring substituents is 1. The Morgan fingerprint density at radius 3 is 2.67 bits per heavy atom. The summed E-state index contributed by atoms with van der Waals surface area (Å²) in [4.78, 5) is 10.2. The molecule has 0 fully saturated rings. The molecule has 6 heteroatoms. The maximum atomic E-state index is 10.7. The Morgan fingerprint density at radius 2 is 1.95 bits per heavy atom. The van der Waals surface area contributed by atoms with E-state index in [0.717, 1.165) is 0 Å². The Balaban J connectivity index is 1.80. The maximum absolute atomic E-state index is 10.7. The molecule has 0 amide bonds. The summed E-state index contributed by atoms with van der Waals surface area (Å²) >= 11 is 0. The maximum Gasteiger partial charge on any atom is 0.271 e. The van der Waals surface area contributed by atoms with Crippen LogP contribution in [0, 0.1) is 10.1 Å². The average molecular weight is 288 g/mol. The first-order valence-electron chi connectivity index (χ1n) is 6.49. The molecule has 1 atom stereocenters. The van der Waals surface area contributed by atoms with Crippen LogP contribution in [0.2, 0.25) is 0 Å². The van der Waals surface area contributed by atoms with E-state index in [9.17, 15) is 15.2 Å². The van der Waals surface area contributed by atoms with E-state index in [-0.39, 0.29) is 18.8 Å². The van der Waals surface area contributed by atoms with Gasteiger partial charge in [-0.3, -0.25) is 10.1 Å². The van der Waals surface area contributed by atoms with Gasteiger partial charge in [-0.1, -0.05) is 24.3 Å². The van der Waals surface area contributed by atoms with Crippen LogP contribution in [-0.2, 0) is 0 Å². The van der Waals surface area contributed by atoms with Gasteiger partial charge in [-0.25, -0.2) is 0 Å². The van der Waals surface area contributed by atoms with Crippen molar-refractivity contribution in [3.8, 4) is 5.75 Å². The molecular weight excluding hydrogens is 272 g/mol. The zero-order chi connectivity index (χ0) is 15.1. The fourth-order valence-corrected chi connectivity index (χ4v) is 1.73. The molecule has 2 N–H and O–H groups in total. The predicted octanol–water partition coefficient (Wildman–Crippen LogP) is 2.45. The number of nitro benzene ring substituents is 1. The van der Waals surface area contributed by atoms with Gasteiger partial charge in [0.25, 0.3) is 5.69 Å². The second-order valence-corrected chi connectivity index (χ2v) is 4.47. The predicted molar refractivity (Wildman–Crippen MR) is 79.5 cm³/mol. The van der Waals surface area contributed by atoms with Crippen molar-refractivity contribution >= 4 is 11.4 Å². The van der Waals surface area contributed by atoms with E-state index in [0.29, 0.717) is 11.4 Å². The minimum atomic E-state index is -0.718. The molecule has 0 saturated carbocycles. The smallest absolute Gasteiger partial charge is 0.271 e. The van der Waals surface area contributed by atoms with Crippen LogP contribution in [0.5, 0.6) is 5.75 Å². The third kappa shape index (κ3) is 4.77. The van der Waals surface area contributed by atoms with E-state index in [1.807, 2.05) is 18.2 Å². The summed E-state index contributed by atoms with van der Waals surface area (Å²) < 4.78 is 5.42.